The number of thiazole rings is 1. The van der Waals surface area contributed by atoms with Crippen LogP contribution in [0.3, 0.4) is 0 Å². The number of nitrogens with zero attached hydrogens (tertiary/aromatic N) is 5. The number of nitrogens with one attached hydrogen (secondary N) is 3. The molecule has 1 aromatic carbocycles. The minimum atomic E-state index is -0.714. The molecule has 4 heterocycles. The summed E-state index contributed by atoms with van der Waals surface area (Å²) in [4.78, 5) is 63.7. The predicted octanol–water partition coefficient (Wildman–Crippen LogP) is 2.99. The third-order valence-electron chi connectivity index (χ3n) is 7.61. The number of fused-ring (bicyclic) bond motifs is 4. The quantitative estimate of drug-likeness (QED) is 0.276. The molecule has 0 saturated carbocycles. The zero-order chi connectivity index (χ0) is 32.6. The Morgan fingerprint density at radius 3 is 2.59 bits per heavy atom. The molecule has 0 aliphatic carbocycles. The number of hydrogen-bond donors (Lipinski definition) is 3. The molecule has 4 amide bonds. The number of oxazole rings is 1. The summed E-state index contributed by atoms with van der Waals surface area (Å²) in [6.45, 7) is 4.04. The van der Waals surface area contributed by atoms with E-state index >= 15 is 0 Å². The molecule has 0 unspecified atom stereocenters. The van der Waals surface area contributed by atoms with Gasteiger partial charge in [0.2, 0.25) is 17.7 Å². The Balaban J connectivity index is 1.43. The summed E-state index contributed by atoms with van der Waals surface area (Å²) >= 11 is 1.29. The molecule has 13 nitrogen and oxygen atoms in total. The van der Waals surface area contributed by atoms with Crippen LogP contribution in [0.5, 0.6) is 0 Å². The zero-order valence-electron chi connectivity index (χ0n) is 26.1. The topological polar surface area (TPSA) is 164 Å². The van der Waals surface area contributed by atoms with Crippen molar-refractivity contribution < 1.29 is 23.6 Å². The van der Waals surface area contributed by atoms with Crippen LogP contribution in [0.15, 0.2) is 58.7 Å². The fourth-order valence-electron chi connectivity index (χ4n) is 5.22. The highest BCUT2D eigenvalue weighted by molar-refractivity contribution is 7.09. The summed E-state index contributed by atoms with van der Waals surface area (Å²) < 4.78 is 7.47. The number of carbonyl (C=O) groups excluding carboxylic acids is 4. The van der Waals surface area contributed by atoms with E-state index in [2.05, 4.69) is 31.0 Å². The lowest BCUT2D eigenvalue weighted by Crippen LogP contribution is -2.45. The maximum absolute atomic E-state index is 13.5. The molecule has 4 bridgehead atoms. The number of benzene rings is 1. The molecule has 4 aromatic rings. The first-order valence-electron chi connectivity index (χ1n) is 15.2. The number of carbonyl (C=O) groups is 4. The lowest BCUT2D eigenvalue weighted by atomic mass is 10.0. The number of rotatable bonds is 7. The highest BCUT2D eigenvalue weighted by Crippen LogP contribution is 2.26. The van der Waals surface area contributed by atoms with Gasteiger partial charge in [0.15, 0.2) is 5.69 Å². The van der Waals surface area contributed by atoms with E-state index in [1.807, 2.05) is 50.2 Å². The van der Waals surface area contributed by atoms with E-state index in [4.69, 9.17) is 4.42 Å². The summed E-state index contributed by atoms with van der Waals surface area (Å²) in [5, 5.41) is 15.2. The molecular formula is C32H38N8O5S. The van der Waals surface area contributed by atoms with Gasteiger partial charge >= 0.3 is 0 Å². The van der Waals surface area contributed by atoms with Gasteiger partial charge in [0.05, 0.1) is 12.6 Å². The van der Waals surface area contributed by atoms with Gasteiger partial charge in [-0.3, -0.25) is 23.9 Å². The van der Waals surface area contributed by atoms with Crippen molar-refractivity contribution in [2.75, 3.05) is 19.6 Å². The SMILES string of the molecule is CC(C)C[C@@H]1NC(=O)c2coc(n2)[C@H](Cc2ccccc2)NC(=O)CN(C(=O)CCc2ccnn2C)CCNC(=O)c2csc1n2. The molecule has 1 aliphatic rings. The van der Waals surface area contributed by atoms with Crippen LogP contribution in [0, 0.1) is 5.92 Å². The molecule has 1 aliphatic heterocycles. The highest BCUT2D eigenvalue weighted by atomic mass is 32.1. The maximum Gasteiger partial charge on any atom is 0.273 e. The van der Waals surface area contributed by atoms with E-state index in [1.165, 1.54) is 22.5 Å². The van der Waals surface area contributed by atoms with Crippen LogP contribution in [0.2, 0.25) is 0 Å². The zero-order valence-corrected chi connectivity index (χ0v) is 26.9. The van der Waals surface area contributed by atoms with Crippen LogP contribution < -0.4 is 16.0 Å². The second-order valence-electron chi connectivity index (χ2n) is 11.6. The summed E-state index contributed by atoms with van der Waals surface area (Å²) in [7, 11) is 1.80. The fraction of sp³-hybridized carbons (Fsp3) is 0.406. The van der Waals surface area contributed by atoms with Gasteiger partial charge in [-0.2, -0.15) is 5.10 Å². The van der Waals surface area contributed by atoms with Gasteiger partial charge in [-0.15, -0.1) is 11.3 Å². The van der Waals surface area contributed by atoms with E-state index in [1.54, 1.807) is 23.3 Å². The Hall–Kier alpha value is -4.85. The van der Waals surface area contributed by atoms with Gasteiger partial charge in [0.1, 0.15) is 23.0 Å². The van der Waals surface area contributed by atoms with Crippen LogP contribution in [0.1, 0.15) is 81.9 Å². The number of aryl methyl sites for hydroxylation is 2. The Bertz CT molecular complexity index is 1660. The highest BCUT2D eigenvalue weighted by Gasteiger charge is 2.28. The lowest BCUT2D eigenvalue weighted by molar-refractivity contribution is -0.136. The minimum Gasteiger partial charge on any atom is -0.446 e. The summed E-state index contributed by atoms with van der Waals surface area (Å²) in [5.74, 6) is -1.16. The molecule has 242 valence electrons. The molecule has 14 heteroatoms. The van der Waals surface area contributed by atoms with Crippen molar-refractivity contribution in [3.8, 4) is 0 Å². The Morgan fingerprint density at radius 2 is 1.85 bits per heavy atom. The van der Waals surface area contributed by atoms with Crippen LogP contribution in [-0.4, -0.2) is 67.9 Å². The number of hydrogen-bond acceptors (Lipinski definition) is 9. The van der Waals surface area contributed by atoms with Crippen molar-refractivity contribution in [2.45, 2.75) is 51.6 Å². The van der Waals surface area contributed by atoms with Gasteiger partial charge in [-0.1, -0.05) is 44.2 Å². The van der Waals surface area contributed by atoms with E-state index in [-0.39, 0.29) is 55.2 Å². The first-order valence-corrected chi connectivity index (χ1v) is 16.1. The third-order valence-corrected chi connectivity index (χ3v) is 8.57. The largest absolute Gasteiger partial charge is 0.446 e. The van der Waals surface area contributed by atoms with Gasteiger partial charge in [0, 0.05) is 50.2 Å². The number of amides is 4. The summed E-state index contributed by atoms with van der Waals surface area (Å²) in [6.07, 6.45) is 4.46. The standard InChI is InChI=1S/C32H38N8O5S/c1-20(2)15-24-32-38-26(19-46-32)29(43)33-13-14-40(28(42)10-9-22-11-12-34-39(22)3)17-27(41)35-23(16-21-7-5-4-6-8-21)31-37-25(18-45-31)30(44)36-24/h4-8,11-12,18-20,23-24H,9-10,13-17H2,1-3H3,(H,33,43)(H,35,41)(H,36,44)/t23-,24-/m0/s1. The van der Waals surface area contributed by atoms with Crippen LogP contribution in [0.4, 0.5) is 0 Å². The van der Waals surface area contributed by atoms with Crippen LogP contribution in [0.25, 0.3) is 0 Å². The second-order valence-corrected chi connectivity index (χ2v) is 12.5. The maximum atomic E-state index is 13.5. The second kappa shape index (κ2) is 15.0. The minimum absolute atomic E-state index is 0.0543. The van der Waals surface area contributed by atoms with Gasteiger partial charge in [0.25, 0.3) is 11.8 Å². The Morgan fingerprint density at radius 1 is 1.04 bits per heavy atom. The molecule has 2 atom stereocenters. The van der Waals surface area contributed by atoms with Gasteiger partial charge in [-0.25, -0.2) is 9.97 Å². The first-order chi connectivity index (χ1) is 22.2. The van der Waals surface area contributed by atoms with Crippen LogP contribution >= 0.6 is 11.3 Å². The third kappa shape index (κ3) is 8.44. The number of aromatic nitrogens is 4. The van der Waals surface area contributed by atoms with E-state index < -0.39 is 29.8 Å². The van der Waals surface area contributed by atoms with Gasteiger partial charge in [-0.05, 0) is 30.4 Å². The van der Waals surface area contributed by atoms with Gasteiger partial charge < -0.3 is 25.3 Å². The average molecular weight is 647 g/mol. The molecule has 3 N–H and O–H groups in total. The monoisotopic (exact) mass is 646 g/mol. The molecule has 0 saturated heterocycles. The first kappa shape index (κ1) is 32.5. The smallest absolute Gasteiger partial charge is 0.273 e. The molecule has 0 spiro atoms. The Labute approximate surface area is 270 Å². The van der Waals surface area contributed by atoms with E-state index in [0.29, 0.717) is 24.3 Å². The fourth-order valence-corrected chi connectivity index (χ4v) is 6.08. The van der Waals surface area contributed by atoms with Crippen LogP contribution in [-0.2, 0) is 29.5 Å². The van der Waals surface area contributed by atoms with Crippen molar-refractivity contribution in [1.29, 1.82) is 0 Å². The lowest BCUT2D eigenvalue weighted by Gasteiger charge is -2.24. The summed E-state index contributed by atoms with van der Waals surface area (Å²) in [5.41, 5.74) is 2.07. The van der Waals surface area contributed by atoms with Crippen molar-refractivity contribution in [2.24, 2.45) is 13.0 Å². The summed E-state index contributed by atoms with van der Waals surface area (Å²) in [6, 6.07) is 10.2. The molecule has 46 heavy (non-hydrogen) atoms. The van der Waals surface area contributed by atoms with E-state index in [9.17, 15) is 19.2 Å². The van der Waals surface area contributed by atoms with Crippen molar-refractivity contribution in [1.82, 2.24) is 40.6 Å². The van der Waals surface area contributed by atoms with Crippen molar-refractivity contribution in [3.05, 3.63) is 87.8 Å². The predicted molar refractivity (Wildman–Crippen MR) is 170 cm³/mol. The molecular weight excluding hydrogens is 608 g/mol. The van der Waals surface area contributed by atoms with Crippen molar-refractivity contribution in [3.63, 3.8) is 0 Å². The molecule has 0 radical (unpaired) electrons. The normalized spacial score (nSPS) is 18.0. The molecule has 5 rings (SSSR count). The average Bonchev–Trinajstić information content (AvgIpc) is 3.80. The molecule has 0 fully saturated rings. The Kier molecular flexibility index (Phi) is 10.6. The van der Waals surface area contributed by atoms with E-state index in [0.717, 1.165) is 11.3 Å². The molecule has 3 aromatic heterocycles. The van der Waals surface area contributed by atoms with Crippen molar-refractivity contribution >= 4 is 35.0 Å².